The lowest BCUT2D eigenvalue weighted by Crippen LogP contribution is -1.90. The van der Waals surface area contributed by atoms with Gasteiger partial charge in [0.2, 0.25) is 0 Å². The number of aryl methyl sites for hydroxylation is 1. The first kappa shape index (κ1) is 9.98. The van der Waals surface area contributed by atoms with E-state index in [-0.39, 0.29) is 5.82 Å². The van der Waals surface area contributed by atoms with Crippen molar-refractivity contribution in [2.75, 3.05) is 0 Å². The van der Waals surface area contributed by atoms with Crippen LogP contribution in [0.2, 0.25) is 0 Å². The van der Waals surface area contributed by atoms with Crippen LogP contribution >= 0.6 is 12.2 Å². The summed E-state index contributed by atoms with van der Waals surface area (Å²) in [4.78, 5) is 6.71. The van der Waals surface area contributed by atoms with E-state index in [2.05, 4.69) is 9.97 Å². The molecule has 2 aromatic rings. The number of hydrogen-bond acceptors (Lipinski definition) is 2. The lowest BCUT2D eigenvalue weighted by Gasteiger charge is -2.04. The molecule has 0 atom stereocenters. The molecule has 4 heteroatoms. The molecule has 1 aromatic carbocycles. The van der Waals surface area contributed by atoms with E-state index >= 15 is 0 Å². The highest BCUT2D eigenvalue weighted by molar-refractivity contribution is 7.71. The fourth-order valence-corrected chi connectivity index (χ4v) is 1.54. The van der Waals surface area contributed by atoms with Gasteiger partial charge in [-0.2, -0.15) is 0 Å². The summed E-state index contributed by atoms with van der Waals surface area (Å²) in [7, 11) is 0. The first-order chi connectivity index (χ1) is 7.16. The molecule has 15 heavy (non-hydrogen) atoms. The van der Waals surface area contributed by atoms with E-state index in [1.165, 1.54) is 6.07 Å². The summed E-state index contributed by atoms with van der Waals surface area (Å²) < 4.78 is 13.9. The molecule has 76 valence electrons. The van der Waals surface area contributed by atoms with E-state index in [0.717, 1.165) is 5.56 Å². The van der Waals surface area contributed by atoms with Gasteiger partial charge in [0.25, 0.3) is 0 Å². The molecule has 0 fully saturated rings. The summed E-state index contributed by atoms with van der Waals surface area (Å²) in [5, 5.41) is 0. The summed E-state index contributed by atoms with van der Waals surface area (Å²) in [6, 6.07) is 6.65. The van der Waals surface area contributed by atoms with Crippen molar-refractivity contribution in [3.05, 3.63) is 46.6 Å². The standard InChI is InChI=1S/C11H9FN2S/c1-7-2-3-9(12)8(6-7)10-4-5-13-11(15)14-10/h2-6H,1H3,(H,13,14,15). The number of aromatic amines is 1. The van der Waals surface area contributed by atoms with Crippen LogP contribution in [0.5, 0.6) is 0 Å². The number of halogens is 1. The lowest BCUT2D eigenvalue weighted by atomic mass is 10.1. The van der Waals surface area contributed by atoms with Gasteiger partial charge in [0, 0.05) is 11.8 Å². The van der Waals surface area contributed by atoms with E-state index in [1.54, 1.807) is 24.4 Å². The van der Waals surface area contributed by atoms with Gasteiger partial charge < -0.3 is 4.98 Å². The van der Waals surface area contributed by atoms with Crippen LogP contribution in [0.15, 0.2) is 30.5 Å². The lowest BCUT2D eigenvalue weighted by molar-refractivity contribution is 0.630. The van der Waals surface area contributed by atoms with Crippen LogP contribution in [0.3, 0.4) is 0 Å². The van der Waals surface area contributed by atoms with Crippen molar-refractivity contribution in [2.24, 2.45) is 0 Å². The molecule has 1 N–H and O–H groups in total. The Morgan fingerprint density at radius 2 is 2.13 bits per heavy atom. The van der Waals surface area contributed by atoms with Gasteiger partial charge in [-0.3, -0.25) is 0 Å². The Hall–Kier alpha value is -1.55. The van der Waals surface area contributed by atoms with Gasteiger partial charge in [0.15, 0.2) is 4.77 Å². The van der Waals surface area contributed by atoms with Crippen LogP contribution in [0.25, 0.3) is 11.3 Å². The van der Waals surface area contributed by atoms with Crippen LogP contribution in [0.1, 0.15) is 5.56 Å². The van der Waals surface area contributed by atoms with Crippen LogP contribution < -0.4 is 0 Å². The third kappa shape index (κ3) is 2.10. The summed E-state index contributed by atoms with van der Waals surface area (Å²) in [6.07, 6.45) is 1.57. The number of hydrogen-bond donors (Lipinski definition) is 1. The van der Waals surface area contributed by atoms with Crippen molar-refractivity contribution in [2.45, 2.75) is 6.92 Å². The second kappa shape index (κ2) is 3.90. The largest absolute Gasteiger partial charge is 0.330 e. The predicted molar refractivity (Wildman–Crippen MR) is 59.6 cm³/mol. The van der Waals surface area contributed by atoms with Gasteiger partial charge in [-0.1, -0.05) is 11.6 Å². The van der Waals surface area contributed by atoms with Crippen LogP contribution in [0.4, 0.5) is 4.39 Å². The highest BCUT2D eigenvalue weighted by atomic mass is 32.1. The maximum atomic E-state index is 13.5. The average Bonchev–Trinajstić information content (AvgIpc) is 2.22. The van der Waals surface area contributed by atoms with Crippen LogP contribution in [-0.2, 0) is 0 Å². The fourth-order valence-electron chi connectivity index (χ4n) is 1.37. The van der Waals surface area contributed by atoms with Crippen molar-refractivity contribution in [1.82, 2.24) is 9.97 Å². The number of benzene rings is 1. The molecule has 0 aliphatic heterocycles. The van der Waals surface area contributed by atoms with Gasteiger partial charge in [-0.05, 0) is 37.3 Å². The molecule has 0 spiro atoms. The molecule has 2 rings (SSSR count). The third-order valence-electron chi connectivity index (χ3n) is 2.09. The number of H-pyrrole nitrogens is 1. The predicted octanol–water partition coefficient (Wildman–Crippen LogP) is 3.25. The summed E-state index contributed by atoms with van der Waals surface area (Å²) >= 11 is 4.89. The van der Waals surface area contributed by atoms with Gasteiger partial charge in [-0.15, -0.1) is 0 Å². The smallest absolute Gasteiger partial charge is 0.197 e. The monoisotopic (exact) mass is 220 g/mol. The summed E-state index contributed by atoms with van der Waals surface area (Å²) in [5.74, 6) is -0.266. The first-order valence-corrected chi connectivity index (χ1v) is 4.89. The van der Waals surface area contributed by atoms with Gasteiger partial charge in [0.1, 0.15) is 5.82 Å². The molecule has 0 radical (unpaired) electrons. The Morgan fingerprint density at radius 1 is 1.33 bits per heavy atom. The maximum Gasteiger partial charge on any atom is 0.197 e. The number of nitrogens with zero attached hydrogens (tertiary/aromatic N) is 1. The molecule has 0 bridgehead atoms. The minimum absolute atomic E-state index is 0.266. The highest BCUT2D eigenvalue weighted by Crippen LogP contribution is 2.21. The molecule has 0 saturated heterocycles. The topological polar surface area (TPSA) is 28.7 Å². The highest BCUT2D eigenvalue weighted by Gasteiger charge is 2.04. The second-order valence-electron chi connectivity index (χ2n) is 3.27. The SMILES string of the molecule is Cc1ccc(F)c(-c2ccnc(=S)[nH]2)c1. The molecule has 0 amide bonds. The third-order valence-corrected chi connectivity index (χ3v) is 2.29. The quantitative estimate of drug-likeness (QED) is 0.747. The Labute approximate surface area is 91.8 Å². The second-order valence-corrected chi connectivity index (χ2v) is 3.66. The Kier molecular flexibility index (Phi) is 2.60. The van der Waals surface area contributed by atoms with Crippen molar-refractivity contribution in [3.8, 4) is 11.3 Å². The molecule has 0 aliphatic rings. The first-order valence-electron chi connectivity index (χ1n) is 4.48. The minimum Gasteiger partial charge on any atom is -0.330 e. The van der Waals surface area contributed by atoms with Gasteiger partial charge in [0.05, 0.1) is 5.69 Å². The molecule has 2 nitrogen and oxygen atoms in total. The fraction of sp³-hybridized carbons (Fsp3) is 0.0909. The van der Waals surface area contributed by atoms with E-state index in [0.29, 0.717) is 16.0 Å². The van der Waals surface area contributed by atoms with Crippen molar-refractivity contribution < 1.29 is 4.39 Å². The Bertz CT molecular complexity index is 548. The summed E-state index contributed by atoms with van der Waals surface area (Å²) in [5.41, 5.74) is 2.17. The van der Waals surface area contributed by atoms with Gasteiger partial charge in [-0.25, -0.2) is 9.37 Å². The van der Waals surface area contributed by atoms with Gasteiger partial charge >= 0.3 is 0 Å². The van der Waals surface area contributed by atoms with E-state index in [4.69, 9.17) is 12.2 Å². The van der Waals surface area contributed by atoms with Crippen molar-refractivity contribution in [3.63, 3.8) is 0 Å². The number of aromatic nitrogens is 2. The molecule has 1 aromatic heterocycles. The molecule has 0 aliphatic carbocycles. The van der Waals surface area contributed by atoms with E-state index in [1.807, 2.05) is 6.92 Å². The average molecular weight is 220 g/mol. The molecule has 1 heterocycles. The van der Waals surface area contributed by atoms with Crippen molar-refractivity contribution in [1.29, 1.82) is 0 Å². The van der Waals surface area contributed by atoms with E-state index in [9.17, 15) is 4.39 Å². The zero-order valence-electron chi connectivity index (χ0n) is 8.12. The molecular weight excluding hydrogens is 211 g/mol. The minimum atomic E-state index is -0.266. The Balaban J connectivity index is 2.63. The Morgan fingerprint density at radius 3 is 2.87 bits per heavy atom. The zero-order chi connectivity index (χ0) is 10.8. The summed E-state index contributed by atoms with van der Waals surface area (Å²) in [6.45, 7) is 1.92. The van der Waals surface area contributed by atoms with Crippen LogP contribution in [-0.4, -0.2) is 9.97 Å². The maximum absolute atomic E-state index is 13.5. The van der Waals surface area contributed by atoms with Crippen LogP contribution in [0, 0.1) is 17.5 Å². The van der Waals surface area contributed by atoms with Crippen molar-refractivity contribution >= 4 is 12.2 Å². The number of rotatable bonds is 1. The molecule has 0 unspecified atom stereocenters. The zero-order valence-corrected chi connectivity index (χ0v) is 8.94. The molecule has 0 saturated carbocycles. The normalized spacial score (nSPS) is 10.3. The molecular formula is C11H9FN2S. The number of nitrogens with one attached hydrogen (secondary N) is 1. The van der Waals surface area contributed by atoms with E-state index < -0.39 is 0 Å².